The van der Waals surface area contributed by atoms with Gasteiger partial charge in [0, 0.05) is 35.0 Å². The lowest BCUT2D eigenvalue weighted by Crippen LogP contribution is -2.44. The van der Waals surface area contributed by atoms with Gasteiger partial charge in [-0.1, -0.05) is 19.9 Å². The number of carbonyl (C=O) groups excluding carboxylic acids is 1. The summed E-state index contributed by atoms with van der Waals surface area (Å²) in [7, 11) is 0. The highest BCUT2D eigenvalue weighted by atomic mass is 32.2. The fraction of sp³-hybridized carbons (Fsp3) is 0.444. The van der Waals surface area contributed by atoms with Gasteiger partial charge in [0.05, 0.1) is 0 Å². The van der Waals surface area contributed by atoms with E-state index in [1.54, 1.807) is 36.2 Å². The highest BCUT2D eigenvalue weighted by Crippen LogP contribution is 2.42. The maximum absolute atomic E-state index is 13.4. The van der Waals surface area contributed by atoms with E-state index in [9.17, 15) is 9.18 Å². The number of likely N-dealkylation sites (tertiary alicyclic amines) is 1. The zero-order chi connectivity index (χ0) is 17.9. The van der Waals surface area contributed by atoms with Crippen LogP contribution in [0.5, 0.6) is 0 Å². The Morgan fingerprint density at radius 2 is 2.12 bits per heavy atom. The Kier molecular flexibility index (Phi) is 5.32. The Hall–Kier alpha value is -2.02. The number of nitrogens with zero attached hydrogens (tertiary/aromatic N) is 2. The molecule has 2 amide bonds. The molecule has 0 atom stereocenters. The molecule has 1 aliphatic heterocycles. The van der Waals surface area contributed by atoms with E-state index in [2.05, 4.69) is 29.4 Å². The van der Waals surface area contributed by atoms with Crippen molar-refractivity contribution in [3.05, 3.63) is 42.3 Å². The molecule has 134 valence electrons. The van der Waals surface area contributed by atoms with Crippen molar-refractivity contribution in [2.45, 2.75) is 36.3 Å². The molecule has 0 radical (unpaired) electrons. The first-order valence-electron chi connectivity index (χ1n) is 8.44. The molecule has 0 unspecified atom stereocenters. The Morgan fingerprint density at radius 1 is 1.36 bits per heavy atom. The minimum Gasteiger partial charge on any atom is -0.324 e. The van der Waals surface area contributed by atoms with Crippen LogP contribution < -0.4 is 5.32 Å². The second kappa shape index (κ2) is 7.47. The van der Waals surface area contributed by atoms with Crippen molar-refractivity contribution >= 4 is 23.6 Å². The number of amides is 2. The lowest BCUT2D eigenvalue weighted by molar-refractivity contribution is 0.173. The summed E-state index contributed by atoms with van der Waals surface area (Å²) in [5.74, 6) is 0.801. The van der Waals surface area contributed by atoms with Crippen molar-refractivity contribution < 1.29 is 9.18 Å². The van der Waals surface area contributed by atoms with Gasteiger partial charge in [-0.25, -0.2) is 9.18 Å². The summed E-state index contributed by atoms with van der Waals surface area (Å²) in [4.78, 5) is 15.0. The van der Waals surface area contributed by atoms with E-state index in [-0.39, 0.29) is 16.6 Å². The molecule has 1 aromatic carbocycles. The van der Waals surface area contributed by atoms with Crippen LogP contribution in [0.3, 0.4) is 0 Å². The molecule has 0 spiro atoms. The van der Waals surface area contributed by atoms with Crippen LogP contribution in [0.25, 0.3) is 0 Å². The predicted octanol–water partition coefficient (Wildman–Crippen LogP) is 4.36. The van der Waals surface area contributed by atoms with Gasteiger partial charge in [-0.2, -0.15) is 5.10 Å². The molecule has 25 heavy (non-hydrogen) atoms. The minimum absolute atomic E-state index is 0.0153. The summed E-state index contributed by atoms with van der Waals surface area (Å²) in [6, 6.07) is 8.36. The smallest absolute Gasteiger partial charge is 0.323 e. The van der Waals surface area contributed by atoms with Crippen molar-refractivity contribution in [1.82, 2.24) is 15.1 Å². The molecular formula is C18H23FN4OS. The average Bonchev–Trinajstić information content (AvgIpc) is 3.07. The number of benzene rings is 1. The summed E-state index contributed by atoms with van der Waals surface area (Å²) in [6.45, 7) is 5.83. The Morgan fingerprint density at radius 3 is 2.76 bits per heavy atom. The number of rotatable bonds is 4. The van der Waals surface area contributed by atoms with Crippen molar-refractivity contribution in [3.8, 4) is 0 Å². The third-order valence-electron chi connectivity index (χ3n) is 4.68. The summed E-state index contributed by atoms with van der Waals surface area (Å²) >= 11 is 1.71. The van der Waals surface area contributed by atoms with Gasteiger partial charge in [-0.15, -0.1) is 11.8 Å². The lowest BCUT2D eigenvalue weighted by atomic mass is 9.86. The lowest BCUT2D eigenvalue weighted by Gasteiger charge is -2.40. The van der Waals surface area contributed by atoms with Crippen molar-refractivity contribution in [2.75, 3.05) is 18.4 Å². The zero-order valence-electron chi connectivity index (χ0n) is 14.5. The Balaban J connectivity index is 1.54. The van der Waals surface area contributed by atoms with Gasteiger partial charge in [-0.3, -0.25) is 10.4 Å². The number of aromatic amines is 1. The molecule has 2 heterocycles. The van der Waals surface area contributed by atoms with Crippen LogP contribution in [0.1, 0.15) is 26.7 Å². The number of thioether (sulfide) groups is 1. The topological polar surface area (TPSA) is 61.0 Å². The van der Waals surface area contributed by atoms with Crippen LogP contribution >= 0.6 is 11.8 Å². The number of nitrogens with one attached hydrogen (secondary N) is 2. The monoisotopic (exact) mass is 362 g/mol. The Labute approximate surface area is 151 Å². The van der Waals surface area contributed by atoms with Crippen LogP contribution in [0, 0.1) is 11.7 Å². The minimum atomic E-state index is -0.203. The molecule has 5 nitrogen and oxygen atoms in total. The van der Waals surface area contributed by atoms with E-state index >= 15 is 0 Å². The normalized spacial score (nSPS) is 16.0. The van der Waals surface area contributed by atoms with E-state index in [0.29, 0.717) is 24.8 Å². The van der Waals surface area contributed by atoms with Gasteiger partial charge in [0.25, 0.3) is 0 Å². The van der Waals surface area contributed by atoms with Crippen molar-refractivity contribution in [2.24, 2.45) is 5.92 Å². The van der Waals surface area contributed by atoms with Gasteiger partial charge in [0.1, 0.15) is 5.82 Å². The molecule has 0 bridgehead atoms. The third-order valence-corrected chi connectivity index (χ3v) is 6.03. The van der Waals surface area contributed by atoms with E-state index < -0.39 is 0 Å². The second-order valence-corrected chi connectivity index (χ2v) is 8.54. The largest absolute Gasteiger partial charge is 0.324 e. The van der Waals surface area contributed by atoms with Crippen LogP contribution in [-0.2, 0) is 0 Å². The number of piperidine rings is 1. The number of urea groups is 1. The Bertz CT molecular complexity index is 712. The third kappa shape index (κ3) is 4.54. The molecule has 0 saturated carbocycles. The molecule has 3 rings (SSSR count). The van der Waals surface area contributed by atoms with E-state index in [1.807, 2.05) is 11.0 Å². The number of hydrogen-bond donors (Lipinski definition) is 2. The van der Waals surface area contributed by atoms with E-state index in [1.165, 1.54) is 6.07 Å². The molecule has 1 fully saturated rings. The molecule has 1 aromatic heterocycles. The number of carbonyl (C=O) groups is 1. The van der Waals surface area contributed by atoms with Crippen molar-refractivity contribution in [1.29, 1.82) is 0 Å². The predicted molar refractivity (Wildman–Crippen MR) is 98.2 cm³/mol. The quantitative estimate of drug-likeness (QED) is 0.794. The summed E-state index contributed by atoms with van der Waals surface area (Å²) in [5.41, 5.74) is 0. The van der Waals surface area contributed by atoms with Crippen LogP contribution in [0.4, 0.5) is 15.0 Å². The average molecular weight is 362 g/mol. The first-order chi connectivity index (χ1) is 11.9. The van der Waals surface area contributed by atoms with Gasteiger partial charge in [-0.05, 0) is 37.0 Å². The highest BCUT2D eigenvalue weighted by molar-refractivity contribution is 8.00. The number of aromatic nitrogens is 2. The molecule has 2 N–H and O–H groups in total. The van der Waals surface area contributed by atoms with Crippen LogP contribution in [-0.4, -0.2) is 39.0 Å². The molecule has 2 aromatic rings. The molecule has 0 aliphatic carbocycles. The van der Waals surface area contributed by atoms with Crippen LogP contribution in [0.2, 0.25) is 0 Å². The fourth-order valence-electron chi connectivity index (χ4n) is 3.21. The van der Waals surface area contributed by atoms with Crippen LogP contribution in [0.15, 0.2) is 41.4 Å². The second-order valence-electron chi connectivity index (χ2n) is 6.81. The molecular weight excluding hydrogens is 339 g/mol. The maximum Gasteiger partial charge on any atom is 0.323 e. The van der Waals surface area contributed by atoms with Gasteiger partial charge in [0.2, 0.25) is 0 Å². The number of hydrogen-bond acceptors (Lipinski definition) is 3. The zero-order valence-corrected chi connectivity index (χ0v) is 15.3. The van der Waals surface area contributed by atoms with Gasteiger partial charge < -0.3 is 4.90 Å². The standard InChI is InChI=1S/C18H23FN4OS/c1-18(2,25-15-5-3-4-14(19)12-15)13-7-10-23(11-8-13)17(24)21-16-6-9-20-22-16/h3-6,9,12-13H,7-8,10-11H2,1-2H3,(H2,20,21,22,24). The SMILES string of the molecule is CC(C)(Sc1cccc(F)c1)C1CCN(C(=O)Nc2cc[nH]n2)CC1. The number of anilines is 1. The highest BCUT2D eigenvalue weighted by Gasteiger charge is 2.34. The summed E-state index contributed by atoms with van der Waals surface area (Å²) in [5, 5.41) is 9.41. The van der Waals surface area contributed by atoms with E-state index in [4.69, 9.17) is 0 Å². The summed E-state index contributed by atoms with van der Waals surface area (Å²) < 4.78 is 13.4. The number of H-pyrrole nitrogens is 1. The van der Waals surface area contributed by atoms with Gasteiger partial charge in [0.15, 0.2) is 5.82 Å². The van der Waals surface area contributed by atoms with E-state index in [0.717, 1.165) is 17.7 Å². The molecule has 1 aliphatic rings. The van der Waals surface area contributed by atoms with Gasteiger partial charge >= 0.3 is 6.03 Å². The molecule has 7 heteroatoms. The first-order valence-corrected chi connectivity index (χ1v) is 9.26. The maximum atomic E-state index is 13.4. The number of halogens is 1. The van der Waals surface area contributed by atoms with Crippen molar-refractivity contribution in [3.63, 3.8) is 0 Å². The summed E-state index contributed by atoms with van der Waals surface area (Å²) in [6.07, 6.45) is 3.54. The first kappa shape index (κ1) is 17.8. The molecule has 1 saturated heterocycles. The fourth-order valence-corrected chi connectivity index (χ4v) is 4.54.